The largest absolute Gasteiger partial charge is 0.414 e. The average Bonchev–Trinajstić information content (AvgIpc) is 1.98. The number of halogens is 3. The van der Waals surface area contributed by atoms with Gasteiger partial charge in [-0.25, -0.2) is 0 Å². The number of nitrogens with one attached hydrogen (secondary N) is 1. The van der Waals surface area contributed by atoms with Crippen LogP contribution in [0.2, 0.25) is 0 Å². The highest BCUT2D eigenvalue weighted by atomic mass is 19.4. The van der Waals surface area contributed by atoms with Gasteiger partial charge in [0.2, 0.25) is 0 Å². The maximum Gasteiger partial charge on any atom is 0.414 e. The van der Waals surface area contributed by atoms with Crippen molar-refractivity contribution in [3.05, 3.63) is 0 Å². The third-order valence-electron chi connectivity index (χ3n) is 2.45. The molecule has 1 aliphatic rings. The Morgan fingerprint density at radius 2 is 2.00 bits per heavy atom. The Hall–Kier alpha value is -0.290. The van der Waals surface area contributed by atoms with E-state index in [0.29, 0.717) is 18.9 Å². The molecule has 1 aliphatic carbocycles. The van der Waals surface area contributed by atoms with Crippen LogP contribution in [0.1, 0.15) is 26.7 Å². The molecule has 0 aromatic carbocycles. The maximum absolute atomic E-state index is 12.1. The molecule has 0 spiro atoms. The lowest BCUT2D eigenvalue weighted by molar-refractivity contribution is -0.235. The SMILES string of the molecule is CCNC1CC(OC(C)C(F)(F)F)C1. The Labute approximate surface area is 81.8 Å². The molecule has 0 aromatic rings. The van der Waals surface area contributed by atoms with E-state index in [9.17, 15) is 13.2 Å². The first-order valence-electron chi connectivity index (χ1n) is 4.89. The number of ether oxygens (including phenoxy) is 1. The van der Waals surface area contributed by atoms with Crippen LogP contribution in [-0.4, -0.2) is 31.0 Å². The lowest BCUT2D eigenvalue weighted by Gasteiger charge is -2.37. The molecule has 0 aliphatic heterocycles. The first-order valence-corrected chi connectivity index (χ1v) is 4.89. The number of hydrogen-bond acceptors (Lipinski definition) is 2. The van der Waals surface area contributed by atoms with Crippen molar-refractivity contribution in [2.45, 2.75) is 51.1 Å². The van der Waals surface area contributed by atoms with Crippen LogP contribution in [-0.2, 0) is 4.74 Å². The van der Waals surface area contributed by atoms with Gasteiger partial charge in [-0.3, -0.25) is 0 Å². The van der Waals surface area contributed by atoms with Gasteiger partial charge in [-0.2, -0.15) is 13.2 Å². The molecule has 0 aromatic heterocycles. The van der Waals surface area contributed by atoms with E-state index in [0.717, 1.165) is 13.5 Å². The van der Waals surface area contributed by atoms with Crippen LogP contribution >= 0.6 is 0 Å². The monoisotopic (exact) mass is 211 g/mol. The van der Waals surface area contributed by atoms with Gasteiger partial charge in [-0.15, -0.1) is 0 Å². The van der Waals surface area contributed by atoms with Crippen LogP contribution in [0.25, 0.3) is 0 Å². The zero-order valence-corrected chi connectivity index (χ0v) is 8.40. The normalized spacial score (nSPS) is 29.8. The van der Waals surface area contributed by atoms with Crippen LogP contribution in [0.4, 0.5) is 13.2 Å². The van der Waals surface area contributed by atoms with Gasteiger partial charge in [0.25, 0.3) is 0 Å². The molecule has 1 atom stereocenters. The van der Waals surface area contributed by atoms with Gasteiger partial charge in [0, 0.05) is 6.04 Å². The van der Waals surface area contributed by atoms with Gasteiger partial charge in [-0.1, -0.05) is 6.92 Å². The van der Waals surface area contributed by atoms with E-state index in [-0.39, 0.29) is 6.10 Å². The Balaban J connectivity index is 2.16. The molecule has 1 fully saturated rings. The van der Waals surface area contributed by atoms with Crippen molar-refractivity contribution in [2.24, 2.45) is 0 Å². The smallest absolute Gasteiger partial charge is 0.366 e. The van der Waals surface area contributed by atoms with Gasteiger partial charge < -0.3 is 10.1 Å². The molecule has 0 saturated heterocycles. The second-order valence-electron chi connectivity index (χ2n) is 3.67. The van der Waals surface area contributed by atoms with Crippen molar-refractivity contribution in [1.29, 1.82) is 0 Å². The highest BCUT2D eigenvalue weighted by Gasteiger charge is 2.41. The number of hydrogen-bond donors (Lipinski definition) is 1. The zero-order chi connectivity index (χ0) is 10.8. The minimum Gasteiger partial charge on any atom is -0.366 e. The lowest BCUT2D eigenvalue weighted by atomic mass is 9.89. The first kappa shape index (κ1) is 11.8. The molecular weight excluding hydrogens is 195 g/mol. The van der Waals surface area contributed by atoms with Crippen molar-refractivity contribution in [3.8, 4) is 0 Å². The standard InChI is InChI=1S/C9H16F3NO/c1-3-13-7-4-8(5-7)14-6(2)9(10,11)12/h6-8,13H,3-5H2,1-2H3. The van der Waals surface area contributed by atoms with E-state index in [1.807, 2.05) is 6.92 Å². The van der Waals surface area contributed by atoms with E-state index >= 15 is 0 Å². The summed E-state index contributed by atoms with van der Waals surface area (Å²) in [6.07, 6.45) is -4.73. The fourth-order valence-corrected chi connectivity index (χ4v) is 1.50. The summed E-state index contributed by atoms with van der Waals surface area (Å²) >= 11 is 0. The Kier molecular flexibility index (Phi) is 3.78. The molecule has 14 heavy (non-hydrogen) atoms. The molecule has 0 heterocycles. The first-order chi connectivity index (χ1) is 6.43. The molecule has 1 N–H and O–H groups in total. The molecule has 5 heteroatoms. The summed E-state index contributed by atoms with van der Waals surface area (Å²) in [5, 5.41) is 3.16. The Bertz CT molecular complexity index is 177. The molecule has 84 valence electrons. The second kappa shape index (κ2) is 4.49. The van der Waals surface area contributed by atoms with Crippen LogP contribution in [0.3, 0.4) is 0 Å². The zero-order valence-electron chi connectivity index (χ0n) is 8.40. The topological polar surface area (TPSA) is 21.3 Å². The van der Waals surface area contributed by atoms with E-state index in [2.05, 4.69) is 5.32 Å². The van der Waals surface area contributed by atoms with Gasteiger partial charge in [0.05, 0.1) is 6.10 Å². The summed E-state index contributed by atoms with van der Waals surface area (Å²) in [5.74, 6) is 0. The van der Waals surface area contributed by atoms with Crippen molar-refractivity contribution in [3.63, 3.8) is 0 Å². The predicted molar refractivity (Wildman–Crippen MR) is 47.1 cm³/mol. The summed E-state index contributed by atoms with van der Waals surface area (Å²) in [4.78, 5) is 0. The van der Waals surface area contributed by atoms with Crippen molar-refractivity contribution < 1.29 is 17.9 Å². The molecule has 0 bridgehead atoms. The fraction of sp³-hybridized carbons (Fsp3) is 1.00. The summed E-state index contributed by atoms with van der Waals surface area (Å²) in [6, 6.07) is 0.338. The summed E-state index contributed by atoms with van der Waals surface area (Å²) < 4.78 is 41.1. The van der Waals surface area contributed by atoms with Crippen molar-refractivity contribution >= 4 is 0 Å². The van der Waals surface area contributed by atoms with E-state index in [4.69, 9.17) is 4.74 Å². The summed E-state index contributed by atoms with van der Waals surface area (Å²) in [6.45, 7) is 3.89. The average molecular weight is 211 g/mol. The van der Waals surface area contributed by atoms with Crippen LogP contribution in [0.15, 0.2) is 0 Å². The third kappa shape index (κ3) is 3.13. The van der Waals surface area contributed by atoms with Crippen LogP contribution in [0, 0.1) is 0 Å². The Morgan fingerprint density at radius 3 is 2.43 bits per heavy atom. The lowest BCUT2D eigenvalue weighted by Crippen LogP contribution is -2.47. The molecule has 0 radical (unpaired) electrons. The molecule has 1 unspecified atom stereocenters. The van der Waals surface area contributed by atoms with Gasteiger partial charge in [0.15, 0.2) is 6.10 Å². The maximum atomic E-state index is 12.1. The van der Waals surface area contributed by atoms with Gasteiger partial charge in [-0.05, 0) is 26.3 Å². The highest BCUT2D eigenvalue weighted by molar-refractivity contribution is 4.86. The molecule has 0 amide bonds. The van der Waals surface area contributed by atoms with Crippen molar-refractivity contribution in [1.82, 2.24) is 5.32 Å². The van der Waals surface area contributed by atoms with Crippen LogP contribution < -0.4 is 5.32 Å². The van der Waals surface area contributed by atoms with Gasteiger partial charge in [0.1, 0.15) is 0 Å². The van der Waals surface area contributed by atoms with Crippen LogP contribution in [0.5, 0.6) is 0 Å². The molecule has 1 saturated carbocycles. The fourth-order valence-electron chi connectivity index (χ4n) is 1.50. The van der Waals surface area contributed by atoms with E-state index in [1.165, 1.54) is 0 Å². The predicted octanol–water partition coefficient (Wildman–Crippen LogP) is 2.09. The summed E-state index contributed by atoms with van der Waals surface area (Å²) in [7, 11) is 0. The quantitative estimate of drug-likeness (QED) is 0.768. The minimum atomic E-state index is -4.23. The molecule has 2 nitrogen and oxygen atoms in total. The molecule has 1 rings (SSSR count). The van der Waals surface area contributed by atoms with E-state index in [1.54, 1.807) is 0 Å². The Morgan fingerprint density at radius 1 is 1.43 bits per heavy atom. The second-order valence-corrected chi connectivity index (χ2v) is 3.67. The minimum absolute atomic E-state index is 0.226. The van der Waals surface area contributed by atoms with Crippen molar-refractivity contribution in [2.75, 3.05) is 6.54 Å². The number of alkyl halides is 3. The summed E-state index contributed by atoms with van der Waals surface area (Å²) in [5.41, 5.74) is 0. The highest BCUT2D eigenvalue weighted by Crippen LogP contribution is 2.30. The number of rotatable bonds is 4. The molecular formula is C9H16F3NO. The van der Waals surface area contributed by atoms with Gasteiger partial charge >= 0.3 is 6.18 Å². The third-order valence-corrected chi connectivity index (χ3v) is 2.45. The van der Waals surface area contributed by atoms with E-state index < -0.39 is 12.3 Å².